The number of rotatable bonds is 0. The minimum atomic E-state index is -0.168. The molecule has 0 unspecified atom stereocenters. The second-order valence-electron chi connectivity index (χ2n) is 2.23. The van der Waals surface area contributed by atoms with Gasteiger partial charge in [-0.15, -0.1) is 0 Å². The lowest BCUT2D eigenvalue weighted by molar-refractivity contribution is 0.328. The van der Waals surface area contributed by atoms with E-state index in [0.29, 0.717) is 0 Å². The molecule has 1 rings (SSSR count). The van der Waals surface area contributed by atoms with Crippen molar-refractivity contribution in [2.75, 3.05) is 0 Å². The lowest BCUT2D eigenvalue weighted by Crippen LogP contribution is -2.21. The van der Waals surface area contributed by atoms with Crippen molar-refractivity contribution in [2.24, 2.45) is 10.1 Å². The summed E-state index contributed by atoms with van der Waals surface area (Å²) in [4.78, 5) is 8.45. The second-order valence-corrected chi connectivity index (χ2v) is 2.23. The Hall–Kier alpha value is -0.860. The van der Waals surface area contributed by atoms with Crippen molar-refractivity contribution in [2.45, 2.75) is 47.1 Å². The molecule has 0 bridgehead atoms. The van der Waals surface area contributed by atoms with Crippen LogP contribution in [-0.2, 0) is 4.84 Å². The van der Waals surface area contributed by atoms with Crippen molar-refractivity contribution in [3.8, 4) is 0 Å². The predicted molar refractivity (Wildman–Crippen MR) is 54.8 cm³/mol. The van der Waals surface area contributed by atoms with Gasteiger partial charge in [-0.25, -0.2) is 4.99 Å². The topological polar surface area (TPSA) is 34.0 Å². The first-order valence-corrected chi connectivity index (χ1v) is 4.45. The summed E-state index contributed by atoms with van der Waals surface area (Å²) in [5.41, 5.74) is -0.168. The molecular formula is C9H20N2O. The standard InChI is InChI=1S/C5H8N2O.2C2H6/c1-5(2)3-7-8-4-6-5;2*1-2/h3-4H,1-2H3;2*1-2H3. The van der Waals surface area contributed by atoms with Crippen LogP contribution in [0.15, 0.2) is 10.1 Å². The third-order valence-electron chi connectivity index (χ3n) is 0.862. The van der Waals surface area contributed by atoms with Crippen LogP contribution >= 0.6 is 0 Å². The maximum absolute atomic E-state index is 4.48. The highest BCUT2D eigenvalue weighted by Crippen LogP contribution is 2.06. The van der Waals surface area contributed by atoms with Crippen LogP contribution in [0, 0.1) is 0 Å². The number of nitrogens with zero attached hydrogens (tertiary/aromatic N) is 2. The first-order chi connectivity index (χ1) is 5.71. The molecule has 1 aliphatic rings. The summed E-state index contributed by atoms with van der Waals surface area (Å²) in [5, 5.41) is 3.56. The van der Waals surface area contributed by atoms with Crippen molar-refractivity contribution in [3.63, 3.8) is 0 Å². The average molecular weight is 172 g/mol. The zero-order chi connectivity index (χ0) is 10.0. The Morgan fingerprint density at radius 1 is 1.08 bits per heavy atom. The summed E-state index contributed by atoms with van der Waals surface area (Å²) in [6.07, 6.45) is 3.01. The van der Waals surface area contributed by atoms with Gasteiger partial charge in [0.15, 0.2) is 0 Å². The third kappa shape index (κ3) is 7.25. The quantitative estimate of drug-likeness (QED) is 0.553. The van der Waals surface area contributed by atoms with E-state index in [1.807, 2.05) is 41.5 Å². The molecule has 1 heterocycles. The van der Waals surface area contributed by atoms with Gasteiger partial charge in [-0.1, -0.05) is 32.9 Å². The predicted octanol–water partition coefficient (Wildman–Crippen LogP) is 2.86. The Bertz CT molecular complexity index is 125. The molecule has 0 radical (unpaired) electrons. The summed E-state index contributed by atoms with van der Waals surface area (Å²) in [6, 6.07) is 0. The van der Waals surface area contributed by atoms with E-state index < -0.39 is 0 Å². The third-order valence-corrected chi connectivity index (χ3v) is 0.862. The van der Waals surface area contributed by atoms with Gasteiger partial charge in [0.1, 0.15) is 0 Å². The van der Waals surface area contributed by atoms with Crippen LogP contribution in [0.1, 0.15) is 41.5 Å². The lowest BCUT2D eigenvalue weighted by atomic mass is 10.1. The van der Waals surface area contributed by atoms with Crippen molar-refractivity contribution in [1.82, 2.24) is 0 Å². The molecule has 0 saturated heterocycles. The molecule has 0 saturated carbocycles. The normalized spacial score (nSPS) is 16.2. The first-order valence-electron chi connectivity index (χ1n) is 4.45. The van der Waals surface area contributed by atoms with Crippen LogP contribution in [0.5, 0.6) is 0 Å². The highest BCUT2D eigenvalue weighted by atomic mass is 16.6. The molecule has 0 aromatic carbocycles. The number of oxime groups is 1. The van der Waals surface area contributed by atoms with Gasteiger partial charge in [0.25, 0.3) is 0 Å². The average Bonchev–Trinajstić information content (AvgIpc) is 2.11. The fourth-order valence-corrected chi connectivity index (χ4v) is 0.379. The van der Waals surface area contributed by atoms with Gasteiger partial charge in [0.05, 0.1) is 11.8 Å². The zero-order valence-electron chi connectivity index (χ0n) is 8.96. The maximum atomic E-state index is 4.48. The minimum Gasteiger partial charge on any atom is -0.345 e. The van der Waals surface area contributed by atoms with Crippen LogP contribution in [0.4, 0.5) is 0 Å². The maximum Gasteiger partial charge on any atom is 0.208 e. The van der Waals surface area contributed by atoms with E-state index in [9.17, 15) is 0 Å². The van der Waals surface area contributed by atoms with E-state index in [-0.39, 0.29) is 5.54 Å². The van der Waals surface area contributed by atoms with Gasteiger partial charge in [-0.05, 0) is 13.8 Å². The number of hydrogen-bond donors (Lipinski definition) is 0. The molecule has 0 fully saturated rings. The Morgan fingerprint density at radius 3 is 1.75 bits per heavy atom. The van der Waals surface area contributed by atoms with E-state index in [1.165, 1.54) is 6.40 Å². The van der Waals surface area contributed by atoms with Crippen LogP contribution in [0.3, 0.4) is 0 Å². The summed E-state index contributed by atoms with van der Waals surface area (Å²) < 4.78 is 0. The van der Waals surface area contributed by atoms with Crippen molar-refractivity contribution < 1.29 is 4.84 Å². The molecule has 1 aliphatic heterocycles. The molecular weight excluding hydrogens is 152 g/mol. The molecule has 72 valence electrons. The van der Waals surface area contributed by atoms with Gasteiger partial charge >= 0.3 is 0 Å². The van der Waals surface area contributed by atoms with Gasteiger partial charge in [0, 0.05) is 0 Å². The van der Waals surface area contributed by atoms with Crippen molar-refractivity contribution >= 4 is 12.6 Å². The second kappa shape index (κ2) is 8.24. The monoisotopic (exact) mass is 172 g/mol. The van der Waals surface area contributed by atoms with Crippen LogP contribution in [0.25, 0.3) is 0 Å². The summed E-state index contributed by atoms with van der Waals surface area (Å²) in [6.45, 7) is 11.9. The molecule has 0 aliphatic carbocycles. The van der Waals surface area contributed by atoms with Crippen LogP contribution < -0.4 is 0 Å². The molecule has 0 spiro atoms. The molecule has 0 N–H and O–H groups in total. The molecule has 3 nitrogen and oxygen atoms in total. The van der Waals surface area contributed by atoms with E-state index in [2.05, 4.69) is 15.0 Å². The fraction of sp³-hybridized carbons (Fsp3) is 0.778. The zero-order valence-corrected chi connectivity index (χ0v) is 8.96. The highest BCUT2D eigenvalue weighted by molar-refractivity contribution is 5.73. The van der Waals surface area contributed by atoms with Gasteiger partial charge in [-0.3, -0.25) is 0 Å². The highest BCUT2D eigenvalue weighted by Gasteiger charge is 2.13. The number of aliphatic imine (C=N–C) groups is 1. The first kappa shape index (κ1) is 13.7. The molecule has 0 aromatic rings. The van der Waals surface area contributed by atoms with Gasteiger partial charge < -0.3 is 4.84 Å². The summed E-state index contributed by atoms with van der Waals surface area (Å²) >= 11 is 0. The van der Waals surface area contributed by atoms with E-state index in [4.69, 9.17) is 0 Å². The van der Waals surface area contributed by atoms with Crippen molar-refractivity contribution in [3.05, 3.63) is 0 Å². The van der Waals surface area contributed by atoms with Gasteiger partial charge in [0.2, 0.25) is 6.40 Å². The Balaban J connectivity index is 0. The Kier molecular flexibility index (Phi) is 9.41. The molecule has 0 amide bonds. The Morgan fingerprint density at radius 2 is 1.58 bits per heavy atom. The molecule has 0 aromatic heterocycles. The fourth-order valence-electron chi connectivity index (χ4n) is 0.379. The smallest absolute Gasteiger partial charge is 0.208 e. The lowest BCUT2D eigenvalue weighted by Gasteiger charge is -2.13. The molecule has 12 heavy (non-hydrogen) atoms. The van der Waals surface area contributed by atoms with E-state index in [0.717, 1.165) is 0 Å². The largest absolute Gasteiger partial charge is 0.345 e. The minimum absolute atomic E-state index is 0.168. The Labute approximate surface area is 75.5 Å². The molecule has 3 heteroatoms. The van der Waals surface area contributed by atoms with Crippen LogP contribution in [-0.4, -0.2) is 18.2 Å². The SMILES string of the molecule is CC.CC.CC1(C)C=NOC=N1. The van der Waals surface area contributed by atoms with Crippen LogP contribution in [0.2, 0.25) is 0 Å². The van der Waals surface area contributed by atoms with Crippen molar-refractivity contribution in [1.29, 1.82) is 0 Å². The molecule has 0 atom stereocenters. The van der Waals surface area contributed by atoms with Gasteiger partial charge in [-0.2, -0.15) is 0 Å². The summed E-state index contributed by atoms with van der Waals surface area (Å²) in [7, 11) is 0. The summed E-state index contributed by atoms with van der Waals surface area (Å²) in [5.74, 6) is 0. The number of hydrogen-bond acceptors (Lipinski definition) is 3. The van der Waals surface area contributed by atoms with E-state index in [1.54, 1.807) is 6.21 Å². The van der Waals surface area contributed by atoms with E-state index >= 15 is 0 Å².